The molecule has 3 rings (SSSR count). The molecule has 6 atom stereocenters. The Morgan fingerprint density at radius 3 is 2.35 bits per heavy atom. The lowest BCUT2D eigenvalue weighted by molar-refractivity contribution is -0.148. The third kappa shape index (κ3) is 2.71. The van der Waals surface area contributed by atoms with Gasteiger partial charge in [0.1, 0.15) is 5.54 Å². The third-order valence-electron chi connectivity index (χ3n) is 4.88. The molecule has 1 aromatic rings. The summed E-state index contributed by atoms with van der Waals surface area (Å²) in [7, 11) is 0. The van der Waals surface area contributed by atoms with Crippen LogP contribution < -0.4 is 5.73 Å². The summed E-state index contributed by atoms with van der Waals surface area (Å²) in [6, 6.07) is 9.42. The van der Waals surface area contributed by atoms with Gasteiger partial charge in [-0.15, -0.1) is 24.2 Å². The third-order valence-corrected chi connectivity index (χ3v) is 6.01. The zero-order chi connectivity index (χ0) is 16.1. The van der Waals surface area contributed by atoms with Gasteiger partial charge in [0.25, 0.3) is 0 Å². The molecule has 0 radical (unpaired) electrons. The Kier molecular flexibility index (Phi) is 4.96. The van der Waals surface area contributed by atoms with E-state index in [0.29, 0.717) is 5.75 Å². The van der Waals surface area contributed by atoms with Crippen LogP contribution in [0.15, 0.2) is 35.2 Å². The smallest absolute Gasteiger partial charge is 0.324 e. The number of aliphatic hydroxyl groups is 1. The monoisotopic (exact) mass is 359 g/mol. The minimum atomic E-state index is -1.69. The molecule has 0 saturated heterocycles. The van der Waals surface area contributed by atoms with E-state index in [4.69, 9.17) is 10.8 Å². The van der Waals surface area contributed by atoms with Crippen molar-refractivity contribution < 1.29 is 24.9 Å². The fraction of sp³-hybridized carbons (Fsp3) is 0.467. The number of thioether (sulfide) groups is 1. The number of carboxylic acids is 2. The van der Waals surface area contributed by atoms with Gasteiger partial charge in [0.15, 0.2) is 0 Å². The molecule has 2 saturated carbocycles. The van der Waals surface area contributed by atoms with E-state index in [9.17, 15) is 19.8 Å². The Labute approximate surface area is 143 Å². The molecule has 0 amide bonds. The van der Waals surface area contributed by atoms with Crippen molar-refractivity contribution in [2.75, 3.05) is 5.75 Å². The van der Waals surface area contributed by atoms with Gasteiger partial charge < -0.3 is 21.1 Å². The maximum atomic E-state index is 11.7. The van der Waals surface area contributed by atoms with Crippen molar-refractivity contribution in [2.24, 2.45) is 29.4 Å². The molecular weight excluding hydrogens is 342 g/mol. The first kappa shape index (κ1) is 18.1. The van der Waals surface area contributed by atoms with Crippen molar-refractivity contribution in [1.82, 2.24) is 0 Å². The molecule has 0 bridgehead atoms. The molecule has 6 nitrogen and oxygen atoms in total. The zero-order valence-corrected chi connectivity index (χ0v) is 13.7. The molecule has 2 aliphatic carbocycles. The molecule has 2 fully saturated rings. The van der Waals surface area contributed by atoms with Crippen LogP contribution in [0.3, 0.4) is 0 Å². The van der Waals surface area contributed by atoms with Crippen LogP contribution in [0.5, 0.6) is 0 Å². The molecule has 126 valence electrons. The lowest BCUT2D eigenvalue weighted by Crippen LogP contribution is -2.58. The van der Waals surface area contributed by atoms with E-state index in [0.717, 1.165) is 4.90 Å². The highest BCUT2D eigenvalue weighted by Gasteiger charge is 2.77. The first-order valence-electron chi connectivity index (χ1n) is 7.00. The van der Waals surface area contributed by atoms with Crippen LogP contribution in [0.2, 0.25) is 0 Å². The van der Waals surface area contributed by atoms with E-state index in [-0.39, 0.29) is 12.4 Å². The summed E-state index contributed by atoms with van der Waals surface area (Å²) in [5.41, 5.74) is 4.39. The number of aliphatic hydroxyl groups excluding tert-OH is 1. The average Bonchev–Trinajstić information content (AvgIpc) is 3.19. The Hall–Kier alpha value is -1.28. The standard InChI is InChI=1S/C15H17NO5S.ClH/c16-15(14(20)21)8(6-22-7-4-2-1-3-5-7)12(17)9-10(11(9)15)13(18)19;/h1-5,8-12,17H,6,16H2,(H,18,19)(H,20,21);1H/t8-,9-,10-,11-,12-,15-;/m0./s1. The van der Waals surface area contributed by atoms with E-state index in [1.165, 1.54) is 11.8 Å². The largest absolute Gasteiger partial charge is 0.481 e. The fourth-order valence-electron chi connectivity index (χ4n) is 3.73. The predicted molar refractivity (Wildman–Crippen MR) is 86.6 cm³/mol. The van der Waals surface area contributed by atoms with Crippen LogP contribution in [0, 0.1) is 23.7 Å². The number of benzene rings is 1. The molecular formula is C15H18ClNO5S. The first-order valence-corrected chi connectivity index (χ1v) is 7.98. The topological polar surface area (TPSA) is 121 Å². The van der Waals surface area contributed by atoms with E-state index < -0.39 is 47.3 Å². The number of halogens is 1. The van der Waals surface area contributed by atoms with E-state index in [1.54, 1.807) is 0 Å². The molecule has 0 spiro atoms. The maximum absolute atomic E-state index is 11.7. The van der Waals surface area contributed by atoms with Crippen LogP contribution >= 0.6 is 24.2 Å². The SMILES string of the molecule is Cl.N[C@]1(C(=O)O)[C@@H]2[C@@H](C(=O)O)[C@@H]2[C@@H](O)[C@@H]1CSc1ccccc1. The number of nitrogens with two attached hydrogens (primary N) is 1. The summed E-state index contributed by atoms with van der Waals surface area (Å²) in [6.07, 6.45) is -0.997. The highest BCUT2D eigenvalue weighted by Crippen LogP contribution is 2.64. The summed E-state index contributed by atoms with van der Waals surface area (Å²) < 4.78 is 0. The summed E-state index contributed by atoms with van der Waals surface area (Å²) in [5, 5.41) is 29.0. The average molecular weight is 360 g/mol. The van der Waals surface area contributed by atoms with E-state index in [2.05, 4.69) is 0 Å². The van der Waals surface area contributed by atoms with Crippen molar-refractivity contribution >= 4 is 36.1 Å². The second kappa shape index (κ2) is 6.32. The number of rotatable bonds is 5. The van der Waals surface area contributed by atoms with Crippen LogP contribution in [0.25, 0.3) is 0 Å². The summed E-state index contributed by atoms with van der Waals surface area (Å²) in [6.45, 7) is 0. The molecule has 5 N–H and O–H groups in total. The number of aliphatic carboxylic acids is 2. The molecule has 1 aromatic carbocycles. The lowest BCUT2D eigenvalue weighted by Gasteiger charge is -2.32. The molecule has 0 aromatic heterocycles. The van der Waals surface area contributed by atoms with Crippen molar-refractivity contribution in [3.8, 4) is 0 Å². The molecule has 0 heterocycles. The summed E-state index contributed by atoms with van der Waals surface area (Å²) in [4.78, 5) is 23.8. The van der Waals surface area contributed by atoms with Crippen molar-refractivity contribution in [1.29, 1.82) is 0 Å². The van der Waals surface area contributed by atoms with Crippen molar-refractivity contribution in [2.45, 2.75) is 16.5 Å². The van der Waals surface area contributed by atoms with Gasteiger partial charge in [0, 0.05) is 28.4 Å². The van der Waals surface area contributed by atoms with Crippen LogP contribution in [0.4, 0.5) is 0 Å². The van der Waals surface area contributed by atoms with Gasteiger partial charge in [-0.2, -0.15) is 0 Å². The van der Waals surface area contributed by atoms with Gasteiger partial charge >= 0.3 is 11.9 Å². The Morgan fingerprint density at radius 1 is 1.22 bits per heavy atom. The molecule has 8 heteroatoms. The maximum Gasteiger partial charge on any atom is 0.324 e. The van der Waals surface area contributed by atoms with Crippen molar-refractivity contribution in [3.05, 3.63) is 30.3 Å². The molecule has 2 aliphatic rings. The first-order chi connectivity index (χ1) is 10.4. The Morgan fingerprint density at radius 2 is 1.83 bits per heavy atom. The van der Waals surface area contributed by atoms with E-state index in [1.807, 2.05) is 30.3 Å². The molecule has 0 aliphatic heterocycles. The van der Waals surface area contributed by atoms with Gasteiger partial charge in [0.2, 0.25) is 0 Å². The fourth-order valence-corrected chi connectivity index (χ4v) is 4.93. The highest BCUT2D eigenvalue weighted by atomic mass is 35.5. The molecule has 23 heavy (non-hydrogen) atoms. The van der Waals surface area contributed by atoms with Gasteiger partial charge in [-0.3, -0.25) is 9.59 Å². The predicted octanol–water partition coefficient (Wildman–Crippen LogP) is 0.920. The molecule has 0 unspecified atom stereocenters. The van der Waals surface area contributed by atoms with Gasteiger partial charge in [-0.25, -0.2) is 0 Å². The van der Waals surface area contributed by atoms with Gasteiger partial charge in [-0.1, -0.05) is 18.2 Å². The van der Waals surface area contributed by atoms with Gasteiger partial charge in [0.05, 0.1) is 12.0 Å². The Balaban J connectivity index is 0.00000192. The quantitative estimate of drug-likeness (QED) is 0.577. The highest BCUT2D eigenvalue weighted by molar-refractivity contribution is 7.99. The van der Waals surface area contributed by atoms with Gasteiger partial charge in [-0.05, 0) is 12.1 Å². The van der Waals surface area contributed by atoms with Crippen LogP contribution in [-0.2, 0) is 9.59 Å². The number of hydrogen-bond donors (Lipinski definition) is 4. The Bertz CT molecular complexity index is 615. The lowest BCUT2D eigenvalue weighted by atomic mass is 9.81. The second-order valence-corrected chi connectivity index (χ2v) is 7.02. The number of hydrogen-bond acceptors (Lipinski definition) is 5. The summed E-state index contributed by atoms with van der Waals surface area (Å²) in [5.74, 6) is -4.75. The minimum Gasteiger partial charge on any atom is -0.481 e. The summed E-state index contributed by atoms with van der Waals surface area (Å²) >= 11 is 1.42. The van der Waals surface area contributed by atoms with Crippen LogP contribution in [-0.4, -0.2) is 44.7 Å². The number of carboxylic acid groups (broad SMARTS) is 2. The minimum absolute atomic E-state index is 0. The number of carbonyl (C=O) groups is 2. The second-order valence-electron chi connectivity index (χ2n) is 5.93. The zero-order valence-electron chi connectivity index (χ0n) is 12.0. The van der Waals surface area contributed by atoms with Crippen molar-refractivity contribution in [3.63, 3.8) is 0 Å². The van der Waals surface area contributed by atoms with Crippen LogP contribution in [0.1, 0.15) is 0 Å². The normalized spacial score (nSPS) is 37.6. The van der Waals surface area contributed by atoms with E-state index >= 15 is 0 Å². The number of fused-ring (bicyclic) bond motifs is 1.